The molecule has 1 atom stereocenters. The number of benzene rings is 2. The van der Waals surface area contributed by atoms with Gasteiger partial charge in [0.1, 0.15) is 0 Å². The molecule has 0 saturated carbocycles. The van der Waals surface area contributed by atoms with Crippen molar-refractivity contribution in [1.82, 2.24) is 4.90 Å². The number of aryl methyl sites for hydroxylation is 1. The molecule has 106 valence electrons. The van der Waals surface area contributed by atoms with Crippen LogP contribution in [-0.4, -0.2) is 17.9 Å². The summed E-state index contributed by atoms with van der Waals surface area (Å²) in [5, 5.41) is 0. The molecule has 0 fully saturated rings. The van der Waals surface area contributed by atoms with Crippen molar-refractivity contribution in [3.63, 3.8) is 0 Å². The van der Waals surface area contributed by atoms with Gasteiger partial charge in [-0.1, -0.05) is 49.0 Å². The molecule has 3 heteroatoms. The van der Waals surface area contributed by atoms with Crippen LogP contribution in [0.15, 0.2) is 61.3 Å². The molecule has 1 heterocycles. The molecule has 0 radical (unpaired) electrons. The molecule has 2 aromatic rings. The van der Waals surface area contributed by atoms with Crippen molar-refractivity contribution in [3.8, 4) is 0 Å². The van der Waals surface area contributed by atoms with E-state index in [1.165, 1.54) is 6.20 Å². The lowest BCUT2D eigenvalue weighted by atomic mass is 9.90. The van der Waals surface area contributed by atoms with Crippen LogP contribution in [0.5, 0.6) is 0 Å². The second-order valence-electron chi connectivity index (χ2n) is 5.07. The third-order valence-electron chi connectivity index (χ3n) is 4.07. The number of rotatable bonds is 3. The van der Waals surface area contributed by atoms with Gasteiger partial charge in [0.15, 0.2) is 0 Å². The molecule has 1 aliphatic rings. The highest BCUT2D eigenvalue weighted by atomic mass is 16.5. The maximum atomic E-state index is 12.7. The average Bonchev–Trinajstić information content (AvgIpc) is 2.77. The first kappa shape index (κ1) is 13.6. The summed E-state index contributed by atoms with van der Waals surface area (Å²) < 4.78 is 5.90. The molecule has 3 nitrogen and oxygen atoms in total. The highest BCUT2D eigenvalue weighted by Gasteiger charge is 2.51. The summed E-state index contributed by atoms with van der Waals surface area (Å²) in [6.07, 6.45) is 1.54. The third kappa shape index (κ3) is 1.68. The zero-order valence-electron chi connectivity index (χ0n) is 12.2. The Kier molecular flexibility index (Phi) is 3.15. The Morgan fingerprint density at radius 3 is 2.33 bits per heavy atom. The van der Waals surface area contributed by atoms with Gasteiger partial charge in [0.05, 0.1) is 0 Å². The number of ether oxygens (including phenoxy) is 1. The standard InChI is InChI=1S/C18H17NO2/c1-4-19-17(20)14-10-6-8-12-16(14)18(19,21-3)15-11-7-5-9-13(15)2/h4-12H,1H2,2-3H3. The van der Waals surface area contributed by atoms with Gasteiger partial charge in [0.25, 0.3) is 5.91 Å². The van der Waals surface area contributed by atoms with Crippen molar-refractivity contribution >= 4 is 5.91 Å². The quantitative estimate of drug-likeness (QED) is 0.861. The van der Waals surface area contributed by atoms with Gasteiger partial charge in [-0.3, -0.25) is 9.69 Å². The fraction of sp³-hybridized carbons (Fsp3) is 0.167. The highest BCUT2D eigenvalue weighted by Crippen LogP contribution is 2.45. The van der Waals surface area contributed by atoms with Crippen molar-refractivity contribution in [1.29, 1.82) is 0 Å². The predicted octanol–water partition coefficient (Wildman–Crippen LogP) is 3.44. The van der Waals surface area contributed by atoms with Gasteiger partial charge in [0, 0.05) is 30.0 Å². The summed E-state index contributed by atoms with van der Waals surface area (Å²) in [4.78, 5) is 14.2. The smallest absolute Gasteiger partial charge is 0.261 e. The Labute approximate surface area is 124 Å². The van der Waals surface area contributed by atoms with Crippen LogP contribution in [0.3, 0.4) is 0 Å². The molecule has 1 amide bonds. The van der Waals surface area contributed by atoms with Gasteiger partial charge in [-0.05, 0) is 18.6 Å². The Morgan fingerprint density at radius 1 is 1.10 bits per heavy atom. The number of methoxy groups -OCH3 is 1. The van der Waals surface area contributed by atoms with Crippen LogP contribution in [0.25, 0.3) is 0 Å². The average molecular weight is 279 g/mol. The molecule has 1 aliphatic heterocycles. The van der Waals surface area contributed by atoms with Crippen molar-refractivity contribution in [3.05, 3.63) is 83.6 Å². The number of nitrogens with zero attached hydrogens (tertiary/aromatic N) is 1. The summed E-state index contributed by atoms with van der Waals surface area (Å²) in [6.45, 7) is 5.82. The molecule has 0 saturated heterocycles. The van der Waals surface area contributed by atoms with E-state index in [0.29, 0.717) is 5.56 Å². The molecule has 0 bridgehead atoms. The number of carbonyl (C=O) groups excluding carboxylic acids is 1. The highest BCUT2D eigenvalue weighted by molar-refractivity contribution is 6.01. The van der Waals surface area contributed by atoms with Crippen LogP contribution in [0, 0.1) is 6.92 Å². The topological polar surface area (TPSA) is 29.5 Å². The van der Waals surface area contributed by atoms with Crippen LogP contribution < -0.4 is 0 Å². The molecule has 0 spiro atoms. The fourth-order valence-corrected chi connectivity index (χ4v) is 3.13. The van der Waals surface area contributed by atoms with E-state index < -0.39 is 5.72 Å². The number of fused-ring (bicyclic) bond motifs is 1. The third-order valence-corrected chi connectivity index (χ3v) is 4.07. The van der Waals surface area contributed by atoms with E-state index in [1.54, 1.807) is 12.0 Å². The van der Waals surface area contributed by atoms with Crippen LogP contribution in [0.2, 0.25) is 0 Å². The Bertz CT molecular complexity index is 723. The minimum Gasteiger partial charge on any atom is -0.350 e. The lowest BCUT2D eigenvalue weighted by molar-refractivity contribution is -0.0623. The van der Waals surface area contributed by atoms with Gasteiger partial charge >= 0.3 is 0 Å². The van der Waals surface area contributed by atoms with Crippen molar-refractivity contribution in [2.45, 2.75) is 12.6 Å². The van der Waals surface area contributed by atoms with Crippen molar-refractivity contribution < 1.29 is 9.53 Å². The summed E-state index contributed by atoms with van der Waals surface area (Å²) >= 11 is 0. The van der Waals surface area contributed by atoms with E-state index in [9.17, 15) is 4.79 Å². The number of amides is 1. The molecular weight excluding hydrogens is 262 g/mol. The van der Waals surface area contributed by atoms with E-state index in [-0.39, 0.29) is 5.91 Å². The molecule has 1 unspecified atom stereocenters. The van der Waals surface area contributed by atoms with Crippen LogP contribution >= 0.6 is 0 Å². The second-order valence-corrected chi connectivity index (χ2v) is 5.07. The maximum Gasteiger partial charge on any atom is 0.261 e. The number of hydrogen-bond acceptors (Lipinski definition) is 2. The minimum atomic E-state index is -0.944. The molecule has 0 aliphatic carbocycles. The largest absolute Gasteiger partial charge is 0.350 e. The molecule has 0 N–H and O–H groups in total. The molecule has 2 aromatic carbocycles. The normalized spacial score (nSPS) is 20.5. The van der Waals surface area contributed by atoms with E-state index in [0.717, 1.165) is 16.7 Å². The SMILES string of the molecule is C=CN1C(=O)c2ccccc2C1(OC)c1ccccc1C. The Morgan fingerprint density at radius 2 is 1.71 bits per heavy atom. The minimum absolute atomic E-state index is 0.0919. The molecule has 3 rings (SSSR count). The molecule has 21 heavy (non-hydrogen) atoms. The van der Waals surface area contributed by atoms with Gasteiger partial charge in [-0.15, -0.1) is 0 Å². The monoisotopic (exact) mass is 279 g/mol. The Hall–Kier alpha value is -2.39. The zero-order valence-corrected chi connectivity index (χ0v) is 12.2. The summed E-state index contributed by atoms with van der Waals surface area (Å²) in [6, 6.07) is 15.5. The first-order valence-corrected chi connectivity index (χ1v) is 6.83. The van der Waals surface area contributed by atoms with Gasteiger partial charge in [-0.2, -0.15) is 0 Å². The van der Waals surface area contributed by atoms with Crippen molar-refractivity contribution in [2.24, 2.45) is 0 Å². The Balaban J connectivity index is 2.37. The summed E-state index contributed by atoms with van der Waals surface area (Å²) in [7, 11) is 1.62. The number of carbonyl (C=O) groups is 1. The van der Waals surface area contributed by atoms with E-state index in [4.69, 9.17) is 4.74 Å². The van der Waals surface area contributed by atoms with E-state index in [1.807, 2.05) is 55.5 Å². The second kappa shape index (κ2) is 4.86. The summed E-state index contributed by atoms with van der Waals surface area (Å²) in [5.41, 5.74) is 2.58. The van der Waals surface area contributed by atoms with Gasteiger partial charge < -0.3 is 4.74 Å². The summed E-state index contributed by atoms with van der Waals surface area (Å²) in [5.74, 6) is -0.0919. The lowest BCUT2D eigenvalue weighted by Gasteiger charge is -2.37. The first-order chi connectivity index (χ1) is 10.2. The lowest BCUT2D eigenvalue weighted by Crippen LogP contribution is -2.43. The first-order valence-electron chi connectivity index (χ1n) is 6.83. The zero-order chi connectivity index (χ0) is 15.0. The molecular formula is C18H17NO2. The van der Waals surface area contributed by atoms with Crippen LogP contribution in [0.4, 0.5) is 0 Å². The van der Waals surface area contributed by atoms with Gasteiger partial charge in [-0.25, -0.2) is 0 Å². The van der Waals surface area contributed by atoms with Crippen LogP contribution in [-0.2, 0) is 10.5 Å². The molecule has 0 aromatic heterocycles. The van der Waals surface area contributed by atoms with Crippen LogP contribution in [0.1, 0.15) is 27.0 Å². The van der Waals surface area contributed by atoms with E-state index in [2.05, 4.69) is 6.58 Å². The fourth-order valence-electron chi connectivity index (χ4n) is 3.13. The van der Waals surface area contributed by atoms with Gasteiger partial charge in [0.2, 0.25) is 5.72 Å². The maximum absolute atomic E-state index is 12.7. The van der Waals surface area contributed by atoms with Crippen molar-refractivity contribution in [2.75, 3.05) is 7.11 Å². The number of hydrogen-bond donors (Lipinski definition) is 0. The predicted molar refractivity (Wildman–Crippen MR) is 81.8 cm³/mol. The van der Waals surface area contributed by atoms with E-state index >= 15 is 0 Å².